The van der Waals surface area contributed by atoms with Gasteiger partial charge in [0, 0.05) is 42.8 Å². The van der Waals surface area contributed by atoms with E-state index in [1.54, 1.807) is 30.5 Å². The fourth-order valence-corrected chi connectivity index (χ4v) is 5.57. The number of amides is 1. The Morgan fingerprint density at radius 1 is 1.26 bits per heavy atom. The molecule has 2 aliphatic rings. The molecule has 4 heterocycles. The summed E-state index contributed by atoms with van der Waals surface area (Å²) in [6, 6.07) is 4.96. The second-order valence-electron chi connectivity index (χ2n) is 11.8. The lowest BCUT2D eigenvalue weighted by Crippen LogP contribution is -2.40. The van der Waals surface area contributed by atoms with Gasteiger partial charge in [0.25, 0.3) is 5.91 Å². The molecular weight excluding hydrogens is 567 g/mol. The van der Waals surface area contributed by atoms with Crippen LogP contribution in [-0.4, -0.2) is 57.1 Å². The summed E-state index contributed by atoms with van der Waals surface area (Å²) in [7, 11) is 0. The molecule has 4 rings (SSSR count). The maximum Gasteiger partial charge on any atom is 0.394 e. The number of aromatic nitrogens is 3. The zero-order valence-corrected chi connectivity index (χ0v) is 25.2. The van der Waals surface area contributed by atoms with Crippen molar-refractivity contribution in [1.82, 2.24) is 24.8 Å². The van der Waals surface area contributed by atoms with E-state index in [0.29, 0.717) is 34.0 Å². The Labute approximate surface area is 248 Å². The molecule has 0 radical (unpaired) electrons. The van der Waals surface area contributed by atoms with Crippen molar-refractivity contribution in [3.63, 3.8) is 0 Å². The van der Waals surface area contributed by atoms with Gasteiger partial charge >= 0.3 is 6.18 Å². The summed E-state index contributed by atoms with van der Waals surface area (Å²) in [5.41, 5.74) is -1.74. The molecule has 42 heavy (non-hydrogen) atoms. The number of ether oxygens (including phenoxy) is 1. The number of nitrogens with one attached hydrogen (secondary N) is 2. The number of carbonyl (C=O) groups excluding carboxylic acids is 1. The van der Waals surface area contributed by atoms with Gasteiger partial charge in [-0.25, -0.2) is 14.7 Å². The lowest BCUT2D eigenvalue weighted by atomic mass is 9.89. The Bertz CT molecular complexity index is 1350. The van der Waals surface area contributed by atoms with Crippen LogP contribution in [0.3, 0.4) is 0 Å². The van der Waals surface area contributed by atoms with Gasteiger partial charge < -0.3 is 15.0 Å². The van der Waals surface area contributed by atoms with E-state index in [9.17, 15) is 18.0 Å². The summed E-state index contributed by atoms with van der Waals surface area (Å²) in [4.78, 5) is 24.9. The molecule has 0 spiro atoms. The molecule has 0 aliphatic carbocycles. The Hall–Kier alpha value is -3.48. The van der Waals surface area contributed by atoms with Gasteiger partial charge in [0.05, 0.1) is 17.6 Å². The van der Waals surface area contributed by atoms with Crippen LogP contribution in [0.2, 0.25) is 0 Å². The summed E-state index contributed by atoms with van der Waals surface area (Å²) >= 11 is 1.04. The third-order valence-electron chi connectivity index (χ3n) is 7.65. The zero-order chi connectivity index (χ0) is 30.7. The molecule has 228 valence electrons. The molecule has 1 fully saturated rings. The summed E-state index contributed by atoms with van der Waals surface area (Å²) in [5, 5.41) is 8.10. The molecular formula is C29H38F3N7O2S. The third kappa shape index (κ3) is 7.29. The van der Waals surface area contributed by atoms with Crippen LogP contribution >= 0.6 is 11.9 Å². The number of aliphatic imine (C=N–C) groups is 1. The van der Waals surface area contributed by atoms with Crippen LogP contribution in [-0.2, 0) is 0 Å². The molecule has 9 nitrogen and oxygen atoms in total. The van der Waals surface area contributed by atoms with E-state index in [4.69, 9.17) is 9.72 Å². The van der Waals surface area contributed by atoms with Gasteiger partial charge in [0.15, 0.2) is 5.82 Å². The topological polar surface area (TPSA) is 96.7 Å². The van der Waals surface area contributed by atoms with Crippen molar-refractivity contribution in [3.8, 4) is 11.7 Å². The highest BCUT2D eigenvalue weighted by Crippen LogP contribution is 2.41. The number of rotatable bonds is 6. The van der Waals surface area contributed by atoms with Crippen molar-refractivity contribution < 1.29 is 22.7 Å². The lowest BCUT2D eigenvalue weighted by molar-refractivity contribution is -0.215. The second-order valence-corrected chi connectivity index (χ2v) is 12.6. The SMILES string of the molecule is C=C/C1=N\C(=C)NCCCC2CN(c3nc(-n4ccc(OCCC(C)(C)C(F)(F)F)n4)ccc3C(=O)NS1)C(C)(C)C2. The van der Waals surface area contributed by atoms with Gasteiger partial charge in [-0.1, -0.05) is 27.0 Å². The minimum Gasteiger partial charge on any atom is -0.477 e. The molecule has 2 aromatic rings. The second kappa shape index (κ2) is 12.4. The molecule has 1 saturated heterocycles. The van der Waals surface area contributed by atoms with Crippen LogP contribution in [0, 0.1) is 11.3 Å². The van der Waals surface area contributed by atoms with E-state index in [2.05, 4.69) is 52.0 Å². The number of hydrogen-bond acceptors (Lipinski definition) is 8. The van der Waals surface area contributed by atoms with E-state index >= 15 is 0 Å². The summed E-state index contributed by atoms with van der Waals surface area (Å²) in [6.07, 6.45) is 1.50. The van der Waals surface area contributed by atoms with E-state index in [0.717, 1.165) is 58.1 Å². The number of hydrogen-bond donors (Lipinski definition) is 2. The highest BCUT2D eigenvalue weighted by atomic mass is 32.2. The molecule has 2 aliphatic heterocycles. The van der Waals surface area contributed by atoms with Gasteiger partial charge in [-0.05, 0) is 63.7 Å². The van der Waals surface area contributed by atoms with Gasteiger partial charge in [-0.2, -0.15) is 13.2 Å². The lowest BCUT2D eigenvalue weighted by Gasteiger charge is -2.34. The number of pyridine rings is 1. The van der Waals surface area contributed by atoms with Crippen molar-refractivity contribution in [2.24, 2.45) is 16.3 Å². The molecule has 2 aromatic heterocycles. The molecule has 13 heteroatoms. The Kier molecular flexibility index (Phi) is 9.29. The average Bonchev–Trinajstić information content (AvgIpc) is 3.50. The van der Waals surface area contributed by atoms with E-state index in [1.165, 1.54) is 4.68 Å². The molecule has 1 amide bonds. The van der Waals surface area contributed by atoms with Crippen LogP contribution in [0.25, 0.3) is 5.82 Å². The molecule has 2 bridgehead atoms. The molecule has 0 saturated carbocycles. The molecule has 1 unspecified atom stereocenters. The van der Waals surface area contributed by atoms with Crippen LogP contribution in [0.5, 0.6) is 5.88 Å². The highest BCUT2D eigenvalue weighted by Gasteiger charge is 2.47. The number of halogens is 3. The maximum absolute atomic E-state index is 13.4. The van der Waals surface area contributed by atoms with Crippen molar-refractivity contribution in [2.75, 3.05) is 24.6 Å². The smallest absolute Gasteiger partial charge is 0.394 e. The highest BCUT2D eigenvalue weighted by molar-refractivity contribution is 8.13. The monoisotopic (exact) mass is 605 g/mol. The zero-order valence-electron chi connectivity index (χ0n) is 24.4. The standard InChI is InChI=1S/C29H38F3N7O2S/c1-7-24-34-19(2)33-14-8-9-20-17-28(5,6)38(18-20)25-21(26(40)37-42-24)10-11-22(35-25)39-15-12-23(36-39)41-16-13-27(3,4)29(30,31)32/h7,10-12,15,20,33H,1-2,8-9,13-14,16-18H2,3-6H3,(H,37,40)/b34-24+. The van der Waals surface area contributed by atoms with E-state index in [-0.39, 0.29) is 30.4 Å². The summed E-state index contributed by atoms with van der Waals surface area (Å²) < 4.78 is 49.4. The Balaban J connectivity index is 1.62. The minimum absolute atomic E-state index is 0.138. The van der Waals surface area contributed by atoms with Gasteiger partial charge in [-0.15, -0.1) is 5.10 Å². The minimum atomic E-state index is -4.33. The van der Waals surface area contributed by atoms with Crippen LogP contribution < -0.4 is 19.7 Å². The first kappa shape index (κ1) is 31.5. The first-order valence-electron chi connectivity index (χ1n) is 13.9. The first-order valence-corrected chi connectivity index (χ1v) is 14.7. The van der Waals surface area contributed by atoms with E-state index in [1.807, 2.05) is 0 Å². The van der Waals surface area contributed by atoms with Crippen molar-refractivity contribution in [1.29, 1.82) is 0 Å². The van der Waals surface area contributed by atoms with Gasteiger partial charge in [-0.3, -0.25) is 9.52 Å². The van der Waals surface area contributed by atoms with Crippen LogP contribution in [0.1, 0.15) is 63.7 Å². The van der Waals surface area contributed by atoms with Crippen LogP contribution in [0.4, 0.5) is 19.0 Å². The van der Waals surface area contributed by atoms with Gasteiger partial charge in [0.2, 0.25) is 5.88 Å². The third-order valence-corrected chi connectivity index (χ3v) is 8.40. The number of nitrogens with zero attached hydrogens (tertiary/aromatic N) is 5. The average molecular weight is 606 g/mol. The molecule has 0 aromatic carbocycles. The number of alkyl halides is 3. The number of fused-ring (bicyclic) bond motifs is 4. The Morgan fingerprint density at radius 3 is 2.74 bits per heavy atom. The quantitative estimate of drug-likeness (QED) is 0.387. The first-order chi connectivity index (χ1) is 19.7. The fraction of sp³-hybridized carbons (Fsp3) is 0.517. The van der Waals surface area contributed by atoms with Crippen molar-refractivity contribution in [2.45, 2.75) is 65.1 Å². The summed E-state index contributed by atoms with van der Waals surface area (Å²) in [6.45, 7) is 15.6. The van der Waals surface area contributed by atoms with Crippen LogP contribution in [0.15, 0.2) is 54.4 Å². The largest absolute Gasteiger partial charge is 0.477 e. The van der Waals surface area contributed by atoms with Crippen molar-refractivity contribution in [3.05, 3.63) is 55.0 Å². The van der Waals surface area contributed by atoms with E-state index < -0.39 is 11.6 Å². The fourth-order valence-electron chi connectivity index (χ4n) is 5.03. The normalized spacial score (nSPS) is 21.3. The van der Waals surface area contributed by atoms with Crippen molar-refractivity contribution >= 4 is 28.7 Å². The molecule has 2 N–H and O–H groups in total. The Morgan fingerprint density at radius 2 is 2.02 bits per heavy atom. The molecule has 1 atom stereocenters. The number of carbonyl (C=O) groups is 1. The predicted molar refractivity (Wildman–Crippen MR) is 160 cm³/mol. The van der Waals surface area contributed by atoms with Gasteiger partial charge in [0.1, 0.15) is 16.7 Å². The predicted octanol–water partition coefficient (Wildman–Crippen LogP) is 6.05. The summed E-state index contributed by atoms with van der Waals surface area (Å²) in [5.74, 6) is 1.73. The maximum atomic E-state index is 13.4. The number of anilines is 1.